The van der Waals surface area contributed by atoms with Crippen LogP contribution in [0.15, 0.2) is 18.2 Å². The first-order valence-corrected chi connectivity index (χ1v) is 7.34. The molecular formula is C12H21N3O3S. The SMILES string of the molecule is COc1cc(CN)ccc1NS(=O)(=O)NC(C)(C)C. The van der Waals surface area contributed by atoms with E-state index in [1.807, 2.05) is 0 Å². The van der Waals surface area contributed by atoms with E-state index in [0.717, 1.165) is 5.56 Å². The second kappa shape index (κ2) is 5.77. The molecule has 0 fully saturated rings. The van der Waals surface area contributed by atoms with Gasteiger partial charge < -0.3 is 10.5 Å². The van der Waals surface area contributed by atoms with Crippen molar-refractivity contribution < 1.29 is 13.2 Å². The first-order valence-electron chi connectivity index (χ1n) is 5.85. The molecule has 0 unspecified atom stereocenters. The average Bonchev–Trinajstić information content (AvgIpc) is 2.25. The van der Waals surface area contributed by atoms with Crippen molar-refractivity contribution in [3.8, 4) is 5.75 Å². The summed E-state index contributed by atoms with van der Waals surface area (Å²) in [5.41, 5.74) is 6.20. The lowest BCUT2D eigenvalue weighted by atomic mass is 10.1. The molecule has 0 amide bonds. The Morgan fingerprint density at radius 1 is 1.32 bits per heavy atom. The average molecular weight is 287 g/mol. The third kappa shape index (κ3) is 5.06. The second-order valence-electron chi connectivity index (χ2n) is 5.20. The van der Waals surface area contributed by atoms with Gasteiger partial charge in [0.15, 0.2) is 0 Å². The molecular weight excluding hydrogens is 266 g/mol. The van der Waals surface area contributed by atoms with Crippen LogP contribution in [-0.2, 0) is 16.8 Å². The van der Waals surface area contributed by atoms with E-state index in [1.54, 1.807) is 39.0 Å². The first kappa shape index (κ1) is 15.7. The van der Waals surface area contributed by atoms with Crippen molar-refractivity contribution in [1.82, 2.24) is 4.72 Å². The lowest BCUT2D eigenvalue weighted by Crippen LogP contribution is -2.43. The predicted octanol–water partition coefficient (Wildman–Crippen LogP) is 1.20. The number of nitrogens with one attached hydrogen (secondary N) is 2. The molecule has 0 saturated carbocycles. The maximum atomic E-state index is 11.9. The van der Waals surface area contributed by atoms with E-state index in [4.69, 9.17) is 10.5 Å². The van der Waals surface area contributed by atoms with Gasteiger partial charge in [-0.15, -0.1) is 0 Å². The number of methoxy groups -OCH3 is 1. The maximum absolute atomic E-state index is 11.9. The molecule has 1 aromatic rings. The zero-order chi connectivity index (χ0) is 14.7. The van der Waals surface area contributed by atoms with E-state index in [9.17, 15) is 8.42 Å². The molecule has 7 heteroatoms. The fraction of sp³-hybridized carbons (Fsp3) is 0.500. The zero-order valence-electron chi connectivity index (χ0n) is 11.6. The molecule has 19 heavy (non-hydrogen) atoms. The molecule has 4 N–H and O–H groups in total. The molecule has 0 aromatic heterocycles. The highest BCUT2D eigenvalue weighted by Gasteiger charge is 2.20. The first-order chi connectivity index (χ1) is 8.67. The quantitative estimate of drug-likeness (QED) is 0.758. The number of hydrogen-bond acceptors (Lipinski definition) is 4. The highest BCUT2D eigenvalue weighted by atomic mass is 32.2. The van der Waals surface area contributed by atoms with Crippen LogP contribution in [0.25, 0.3) is 0 Å². The van der Waals surface area contributed by atoms with Crippen molar-refractivity contribution in [2.45, 2.75) is 32.9 Å². The summed E-state index contributed by atoms with van der Waals surface area (Å²) in [6, 6.07) is 5.08. The Kier molecular flexibility index (Phi) is 4.78. The summed E-state index contributed by atoms with van der Waals surface area (Å²) >= 11 is 0. The Morgan fingerprint density at radius 3 is 2.42 bits per heavy atom. The van der Waals surface area contributed by atoms with Gasteiger partial charge in [-0.3, -0.25) is 4.72 Å². The summed E-state index contributed by atoms with van der Waals surface area (Å²) in [5.74, 6) is 0.433. The molecule has 108 valence electrons. The van der Waals surface area contributed by atoms with Crippen molar-refractivity contribution in [3.63, 3.8) is 0 Å². The summed E-state index contributed by atoms with van der Waals surface area (Å²) in [4.78, 5) is 0. The van der Waals surface area contributed by atoms with Gasteiger partial charge in [0.25, 0.3) is 10.2 Å². The van der Waals surface area contributed by atoms with E-state index < -0.39 is 15.7 Å². The highest BCUT2D eigenvalue weighted by Crippen LogP contribution is 2.26. The molecule has 0 aliphatic heterocycles. The van der Waals surface area contributed by atoms with Gasteiger partial charge in [0, 0.05) is 12.1 Å². The van der Waals surface area contributed by atoms with Gasteiger partial charge in [-0.2, -0.15) is 13.1 Å². The van der Waals surface area contributed by atoms with Crippen molar-refractivity contribution >= 4 is 15.9 Å². The minimum Gasteiger partial charge on any atom is -0.495 e. The van der Waals surface area contributed by atoms with Crippen LogP contribution >= 0.6 is 0 Å². The van der Waals surface area contributed by atoms with E-state index in [-0.39, 0.29) is 0 Å². The standard InChI is InChI=1S/C12H21N3O3S/c1-12(2,3)15-19(16,17)14-10-6-5-9(8-13)7-11(10)18-4/h5-7,14-15H,8,13H2,1-4H3. The summed E-state index contributed by atoms with van der Waals surface area (Å²) in [6.45, 7) is 5.66. The smallest absolute Gasteiger partial charge is 0.299 e. The van der Waals surface area contributed by atoms with Gasteiger partial charge in [0.1, 0.15) is 5.75 Å². The third-order valence-corrected chi connectivity index (χ3v) is 3.56. The van der Waals surface area contributed by atoms with Crippen LogP contribution in [0.1, 0.15) is 26.3 Å². The topological polar surface area (TPSA) is 93.4 Å². The summed E-state index contributed by atoms with van der Waals surface area (Å²) < 4.78 is 34.0. The zero-order valence-corrected chi connectivity index (χ0v) is 12.5. The molecule has 1 rings (SSSR count). The van der Waals surface area contributed by atoms with Crippen LogP contribution < -0.4 is 19.9 Å². The van der Waals surface area contributed by atoms with E-state index in [0.29, 0.717) is 18.0 Å². The minimum absolute atomic E-state index is 0.365. The van der Waals surface area contributed by atoms with Crippen LogP contribution in [-0.4, -0.2) is 21.1 Å². The van der Waals surface area contributed by atoms with Crippen LogP contribution in [0.3, 0.4) is 0 Å². The number of anilines is 1. The lowest BCUT2D eigenvalue weighted by Gasteiger charge is -2.21. The van der Waals surface area contributed by atoms with Crippen molar-refractivity contribution in [2.24, 2.45) is 5.73 Å². The number of hydrogen-bond donors (Lipinski definition) is 3. The monoisotopic (exact) mass is 287 g/mol. The maximum Gasteiger partial charge on any atom is 0.299 e. The Bertz CT molecular complexity index is 536. The van der Waals surface area contributed by atoms with Crippen molar-refractivity contribution in [1.29, 1.82) is 0 Å². The molecule has 0 saturated heterocycles. The number of benzene rings is 1. The normalized spacial score (nSPS) is 12.3. The third-order valence-electron chi connectivity index (χ3n) is 2.19. The van der Waals surface area contributed by atoms with E-state index >= 15 is 0 Å². The number of nitrogens with two attached hydrogens (primary N) is 1. The van der Waals surface area contributed by atoms with E-state index in [1.165, 1.54) is 7.11 Å². The van der Waals surface area contributed by atoms with Crippen LogP contribution in [0.5, 0.6) is 5.75 Å². The van der Waals surface area contributed by atoms with Gasteiger partial charge in [-0.1, -0.05) is 6.07 Å². The van der Waals surface area contributed by atoms with Gasteiger partial charge in [0.05, 0.1) is 12.8 Å². The Labute approximate surface area is 114 Å². The van der Waals surface area contributed by atoms with Crippen LogP contribution in [0, 0.1) is 0 Å². The van der Waals surface area contributed by atoms with Crippen molar-refractivity contribution in [2.75, 3.05) is 11.8 Å². The largest absolute Gasteiger partial charge is 0.495 e. The molecule has 0 spiro atoms. The fourth-order valence-electron chi connectivity index (χ4n) is 1.52. The van der Waals surface area contributed by atoms with Crippen molar-refractivity contribution in [3.05, 3.63) is 23.8 Å². The minimum atomic E-state index is -3.66. The van der Waals surface area contributed by atoms with E-state index in [2.05, 4.69) is 9.44 Å². The van der Waals surface area contributed by atoms with Gasteiger partial charge in [-0.05, 0) is 38.5 Å². The fourth-order valence-corrected chi connectivity index (χ4v) is 2.84. The molecule has 6 nitrogen and oxygen atoms in total. The number of ether oxygens (including phenoxy) is 1. The molecule has 0 atom stereocenters. The second-order valence-corrected chi connectivity index (χ2v) is 6.61. The predicted molar refractivity (Wildman–Crippen MR) is 76.3 cm³/mol. The molecule has 0 aliphatic rings. The van der Waals surface area contributed by atoms with Gasteiger partial charge in [0.2, 0.25) is 0 Å². The number of rotatable bonds is 5. The molecule has 0 heterocycles. The Balaban J connectivity index is 2.99. The van der Waals surface area contributed by atoms with Gasteiger partial charge >= 0.3 is 0 Å². The molecule has 0 radical (unpaired) electrons. The van der Waals surface area contributed by atoms with Gasteiger partial charge in [-0.25, -0.2) is 0 Å². The summed E-state index contributed by atoms with van der Waals surface area (Å²) in [7, 11) is -2.18. The summed E-state index contributed by atoms with van der Waals surface area (Å²) in [6.07, 6.45) is 0. The highest BCUT2D eigenvalue weighted by molar-refractivity contribution is 7.90. The lowest BCUT2D eigenvalue weighted by molar-refractivity contribution is 0.416. The Morgan fingerprint density at radius 2 is 1.95 bits per heavy atom. The molecule has 1 aromatic carbocycles. The van der Waals surface area contributed by atoms with Crippen LogP contribution in [0.4, 0.5) is 5.69 Å². The molecule has 0 bridgehead atoms. The van der Waals surface area contributed by atoms with Crippen LogP contribution in [0.2, 0.25) is 0 Å². The molecule has 0 aliphatic carbocycles. The summed E-state index contributed by atoms with van der Waals surface area (Å²) in [5, 5.41) is 0. The Hall–Kier alpha value is -1.31.